The molecule has 0 unspecified atom stereocenters. The van der Waals surface area contributed by atoms with Gasteiger partial charge in [0.1, 0.15) is 11.7 Å². The Kier molecular flexibility index (Phi) is 5.70. The lowest BCUT2D eigenvalue weighted by molar-refractivity contribution is 0.0692. The van der Waals surface area contributed by atoms with Crippen LogP contribution in [-0.2, 0) is 11.3 Å². The van der Waals surface area contributed by atoms with E-state index in [-0.39, 0.29) is 17.9 Å². The quantitative estimate of drug-likeness (QED) is 0.705. The summed E-state index contributed by atoms with van der Waals surface area (Å²) in [7, 11) is 0. The summed E-state index contributed by atoms with van der Waals surface area (Å²) in [4.78, 5) is 19.5. The van der Waals surface area contributed by atoms with Crippen LogP contribution < -0.4 is 0 Å². The molecule has 3 heterocycles. The molecule has 1 fully saturated rings. The minimum Gasteiger partial charge on any atom is -0.380 e. The van der Waals surface area contributed by atoms with Crippen molar-refractivity contribution in [3.8, 4) is 0 Å². The summed E-state index contributed by atoms with van der Waals surface area (Å²) in [5.41, 5.74) is 1.40. The number of likely N-dealkylation sites (tertiary alicyclic amines) is 1. The highest BCUT2D eigenvalue weighted by Gasteiger charge is 2.36. The summed E-state index contributed by atoms with van der Waals surface area (Å²) < 4.78 is 12.6. The van der Waals surface area contributed by atoms with Gasteiger partial charge in [-0.3, -0.25) is 9.48 Å². The van der Waals surface area contributed by atoms with Crippen molar-refractivity contribution in [1.29, 1.82) is 0 Å². The first-order valence-electron chi connectivity index (χ1n) is 9.28. The molecule has 2 aromatic rings. The van der Waals surface area contributed by atoms with E-state index >= 15 is 0 Å². The Hall–Kier alpha value is -2.22. The molecule has 0 aromatic carbocycles. The zero-order valence-corrected chi connectivity index (χ0v) is 15.9. The van der Waals surface area contributed by atoms with E-state index in [9.17, 15) is 4.79 Å². The third-order valence-electron chi connectivity index (χ3n) is 4.55. The fourth-order valence-electron chi connectivity index (χ4n) is 3.21. The lowest BCUT2D eigenvalue weighted by Crippen LogP contribution is -2.32. The molecule has 0 spiro atoms. The SMILES string of the molecule is CCOCCn1nc(C)cc1C(=O)N1CCC[C@H]1c1nc(C(C)C)no1. The van der Waals surface area contributed by atoms with E-state index in [0.717, 1.165) is 18.5 Å². The molecule has 0 saturated carbocycles. The number of ether oxygens (including phenoxy) is 1. The van der Waals surface area contributed by atoms with Crippen molar-refractivity contribution in [1.82, 2.24) is 24.8 Å². The molecule has 0 radical (unpaired) electrons. The van der Waals surface area contributed by atoms with E-state index in [0.29, 0.717) is 43.7 Å². The number of aryl methyl sites for hydroxylation is 1. The minimum absolute atomic E-state index is 0.0473. The molecule has 0 aliphatic carbocycles. The fraction of sp³-hybridized carbons (Fsp3) is 0.667. The van der Waals surface area contributed by atoms with E-state index in [1.54, 1.807) is 4.68 Å². The van der Waals surface area contributed by atoms with Gasteiger partial charge in [-0.25, -0.2) is 0 Å². The number of rotatable bonds is 7. The highest BCUT2D eigenvalue weighted by atomic mass is 16.5. The molecule has 26 heavy (non-hydrogen) atoms. The van der Waals surface area contributed by atoms with Gasteiger partial charge in [0.05, 0.1) is 18.8 Å². The molecule has 8 nitrogen and oxygen atoms in total. The van der Waals surface area contributed by atoms with Gasteiger partial charge in [-0.15, -0.1) is 0 Å². The second-order valence-corrected chi connectivity index (χ2v) is 6.89. The molecule has 3 rings (SSSR count). The highest BCUT2D eigenvalue weighted by Crippen LogP contribution is 2.32. The van der Waals surface area contributed by atoms with Crippen LogP contribution in [0, 0.1) is 6.92 Å². The van der Waals surface area contributed by atoms with Crippen LogP contribution in [0.25, 0.3) is 0 Å². The van der Waals surface area contributed by atoms with E-state index in [2.05, 4.69) is 15.2 Å². The van der Waals surface area contributed by atoms with Gasteiger partial charge in [0.25, 0.3) is 5.91 Å². The summed E-state index contributed by atoms with van der Waals surface area (Å²) in [6, 6.07) is 1.66. The van der Waals surface area contributed by atoms with Gasteiger partial charge in [-0.2, -0.15) is 10.1 Å². The van der Waals surface area contributed by atoms with E-state index in [1.807, 2.05) is 38.7 Å². The third-order valence-corrected chi connectivity index (χ3v) is 4.55. The first kappa shape index (κ1) is 18.6. The van der Waals surface area contributed by atoms with Crippen molar-refractivity contribution in [3.63, 3.8) is 0 Å². The molecule has 1 atom stereocenters. The topological polar surface area (TPSA) is 86.3 Å². The summed E-state index contributed by atoms with van der Waals surface area (Å²) >= 11 is 0. The molecular weight excluding hydrogens is 334 g/mol. The van der Waals surface area contributed by atoms with Crippen LogP contribution in [0.2, 0.25) is 0 Å². The number of aromatic nitrogens is 4. The van der Waals surface area contributed by atoms with Crippen molar-refractivity contribution < 1.29 is 14.1 Å². The predicted molar refractivity (Wildman–Crippen MR) is 94.9 cm³/mol. The molecule has 1 aliphatic heterocycles. The highest BCUT2D eigenvalue weighted by molar-refractivity contribution is 5.93. The van der Waals surface area contributed by atoms with E-state index < -0.39 is 0 Å². The molecule has 1 aliphatic rings. The average molecular weight is 361 g/mol. The number of nitrogens with zero attached hydrogens (tertiary/aromatic N) is 5. The van der Waals surface area contributed by atoms with Crippen molar-refractivity contribution in [3.05, 3.63) is 29.2 Å². The van der Waals surface area contributed by atoms with Crippen LogP contribution in [0.4, 0.5) is 0 Å². The smallest absolute Gasteiger partial charge is 0.272 e. The first-order valence-corrected chi connectivity index (χ1v) is 9.28. The molecule has 0 N–H and O–H groups in total. The molecule has 1 amide bonds. The lowest BCUT2D eigenvalue weighted by Gasteiger charge is -2.22. The Morgan fingerprint density at radius 3 is 2.96 bits per heavy atom. The largest absolute Gasteiger partial charge is 0.380 e. The number of amides is 1. The van der Waals surface area contributed by atoms with Crippen LogP contribution >= 0.6 is 0 Å². The molecular formula is C18H27N5O3. The first-order chi connectivity index (χ1) is 12.5. The van der Waals surface area contributed by atoms with Gasteiger partial charge in [-0.1, -0.05) is 19.0 Å². The standard InChI is InChI=1S/C18H27N5O3/c1-5-25-10-9-23-15(11-13(4)20-23)18(24)22-8-6-7-14(22)17-19-16(12(2)3)21-26-17/h11-12,14H,5-10H2,1-4H3/t14-/m0/s1. The van der Waals surface area contributed by atoms with E-state index in [4.69, 9.17) is 9.26 Å². The Balaban J connectivity index is 1.80. The van der Waals surface area contributed by atoms with Gasteiger partial charge in [0, 0.05) is 19.1 Å². The summed E-state index contributed by atoms with van der Waals surface area (Å²) in [6.07, 6.45) is 1.75. The number of hydrogen-bond acceptors (Lipinski definition) is 6. The van der Waals surface area contributed by atoms with E-state index in [1.165, 1.54) is 0 Å². The van der Waals surface area contributed by atoms with Crippen molar-refractivity contribution in [2.45, 2.75) is 59.0 Å². The summed E-state index contributed by atoms with van der Waals surface area (Å²) in [6.45, 7) is 10.3. The molecule has 1 saturated heterocycles. The Morgan fingerprint density at radius 2 is 2.27 bits per heavy atom. The maximum absolute atomic E-state index is 13.2. The monoisotopic (exact) mass is 361 g/mol. The van der Waals surface area contributed by atoms with Crippen LogP contribution in [-0.4, -0.2) is 50.5 Å². The summed E-state index contributed by atoms with van der Waals surface area (Å²) in [5, 5.41) is 8.48. The van der Waals surface area contributed by atoms with Crippen LogP contribution in [0.3, 0.4) is 0 Å². The molecule has 142 valence electrons. The van der Waals surface area contributed by atoms with Gasteiger partial charge >= 0.3 is 0 Å². The maximum atomic E-state index is 13.2. The van der Waals surface area contributed by atoms with Crippen molar-refractivity contribution >= 4 is 5.91 Å². The van der Waals surface area contributed by atoms with Crippen molar-refractivity contribution in [2.24, 2.45) is 0 Å². The minimum atomic E-state index is -0.168. The van der Waals surface area contributed by atoms with Crippen molar-refractivity contribution in [2.75, 3.05) is 19.8 Å². The Morgan fingerprint density at radius 1 is 1.46 bits per heavy atom. The van der Waals surface area contributed by atoms with Gasteiger partial charge in [0.2, 0.25) is 5.89 Å². The number of hydrogen-bond donors (Lipinski definition) is 0. The normalized spacial score (nSPS) is 17.4. The second kappa shape index (κ2) is 7.99. The van der Waals surface area contributed by atoms with Crippen LogP contribution in [0.15, 0.2) is 10.6 Å². The molecule has 8 heteroatoms. The van der Waals surface area contributed by atoms with Gasteiger partial charge in [-0.05, 0) is 32.8 Å². The zero-order chi connectivity index (χ0) is 18.7. The Labute approximate surface area is 153 Å². The fourth-order valence-corrected chi connectivity index (χ4v) is 3.21. The van der Waals surface area contributed by atoms with Crippen LogP contribution in [0.5, 0.6) is 0 Å². The van der Waals surface area contributed by atoms with Gasteiger partial charge < -0.3 is 14.2 Å². The summed E-state index contributed by atoms with van der Waals surface area (Å²) in [5.74, 6) is 1.35. The third kappa shape index (κ3) is 3.80. The van der Waals surface area contributed by atoms with Crippen LogP contribution in [0.1, 0.15) is 73.5 Å². The molecule has 0 bridgehead atoms. The Bertz CT molecular complexity index is 752. The maximum Gasteiger partial charge on any atom is 0.272 e. The number of carbonyl (C=O) groups is 1. The average Bonchev–Trinajstić information content (AvgIpc) is 3.33. The lowest BCUT2D eigenvalue weighted by atomic mass is 10.2. The van der Waals surface area contributed by atoms with Gasteiger partial charge in [0.15, 0.2) is 5.82 Å². The zero-order valence-electron chi connectivity index (χ0n) is 15.9. The number of carbonyl (C=O) groups excluding carboxylic acids is 1. The molecule has 2 aromatic heterocycles. The predicted octanol–water partition coefficient (Wildman–Crippen LogP) is 2.71. The second-order valence-electron chi connectivity index (χ2n) is 6.89.